The molecule has 0 fully saturated rings. The summed E-state index contributed by atoms with van der Waals surface area (Å²) in [6.07, 6.45) is 2.33. The summed E-state index contributed by atoms with van der Waals surface area (Å²) in [6.45, 7) is 1.48. The van der Waals surface area contributed by atoms with E-state index in [1.54, 1.807) is 0 Å². The van der Waals surface area contributed by atoms with Gasteiger partial charge in [-0.1, -0.05) is 23.8 Å². The number of rotatable bonds is 4. The molecule has 24 heavy (non-hydrogen) atoms. The molecule has 1 atom stereocenters. The van der Waals surface area contributed by atoms with Crippen LogP contribution in [0, 0.1) is 6.92 Å². The Balaban J connectivity index is 2.38. The number of carbonyl (C=O) groups is 2. The van der Waals surface area contributed by atoms with E-state index in [1.807, 2.05) is 5.32 Å². The molecule has 0 radical (unpaired) electrons. The number of amides is 1. The van der Waals surface area contributed by atoms with Gasteiger partial charge >= 0.3 is 0 Å². The molecule has 11 heteroatoms. The first kappa shape index (κ1) is 18.6. The van der Waals surface area contributed by atoms with Gasteiger partial charge < -0.3 is 5.32 Å². The van der Waals surface area contributed by atoms with Gasteiger partial charge in [-0.3, -0.25) is 14.1 Å². The fourth-order valence-corrected chi connectivity index (χ4v) is 4.31. The minimum Gasteiger partial charge on any atom is -0.318 e. The summed E-state index contributed by atoms with van der Waals surface area (Å²) in [6, 6.07) is 2.06. The van der Waals surface area contributed by atoms with E-state index in [4.69, 9.17) is 11.6 Å². The van der Waals surface area contributed by atoms with Crippen LogP contribution in [0.5, 0.6) is 0 Å². The Kier molecular flexibility index (Phi) is 4.86. The maximum atomic E-state index is 12.0. The molecule has 1 amide bonds. The zero-order valence-electron chi connectivity index (χ0n) is 12.2. The first-order chi connectivity index (χ1) is 10.9. The van der Waals surface area contributed by atoms with Crippen LogP contribution < -0.4 is 5.32 Å². The van der Waals surface area contributed by atoms with E-state index in [-0.39, 0.29) is 10.8 Å². The number of hydrogen-bond donors (Lipinski definition) is 2. The van der Waals surface area contributed by atoms with Crippen molar-refractivity contribution in [1.82, 2.24) is 0 Å². The molecule has 1 aromatic rings. The molecule has 0 aromatic heterocycles. The number of carbonyl (C=O) groups excluding carboxylic acids is 2. The van der Waals surface area contributed by atoms with Crippen LogP contribution in [0.1, 0.15) is 5.56 Å². The molecule has 1 aliphatic heterocycles. The molecule has 0 saturated heterocycles. The molecule has 1 aromatic carbocycles. The van der Waals surface area contributed by atoms with Crippen molar-refractivity contribution in [3.63, 3.8) is 0 Å². The lowest BCUT2D eigenvalue weighted by atomic mass is 10.2. The van der Waals surface area contributed by atoms with Gasteiger partial charge in [-0.05, 0) is 24.6 Å². The van der Waals surface area contributed by atoms with E-state index in [2.05, 4.69) is 0 Å². The van der Waals surface area contributed by atoms with Crippen LogP contribution in [-0.4, -0.2) is 44.1 Å². The Morgan fingerprint density at radius 3 is 2.46 bits per heavy atom. The van der Waals surface area contributed by atoms with Gasteiger partial charge in [0.2, 0.25) is 5.78 Å². The van der Waals surface area contributed by atoms with E-state index in [1.165, 1.54) is 13.0 Å². The average Bonchev–Trinajstić information content (AvgIpc) is 2.79. The van der Waals surface area contributed by atoms with Crippen molar-refractivity contribution in [2.45, 2.75) is 17.1 Å². The molecule has 1 aliphatic rings. The number of nitrogens with one attached hydrogen (secondary N) is 1. The highest BCUT2D eigenvalue weighted by Gasteiger charge is 2.37. The van der Waals surface area contributed by atoms with E-state index in [9.17, 15) is 31.0 Å². The van der Waals surface area contributed by atoms with Crippen LogP contribution in [0.3, 0.4) is 0 Å². The lowest BCUT2D eigenvalue weighted by Crippen LogP contribution is -2.36. The second kappa shape index (κ2) is 6.28. The molecule has 0 spiro atoms. The number of sulfone groups is 1. The highest BCUT2D eigenvalue weighted by atomic mass is 35.5. The van der Waals surface area contributed by atoms with Crippen molar-refractivity contribution < 1.29 is 31.0 Å². The minimum absolute atomic E-state index is 0.0820. The number of aryl methyl sites for hydroxylation is 1. The normalized spacial score (nSPS) is 19.2. The monoisotopic (exact) mass is 393 g/mol. The van der Waals surface area contributed by atoms with Crippen molar-refractivity contribution in [3.05, 3.63) is 34.9 Å². The van der Waals surface area contributed by atoms with Crippen LogP contribution in [-0.2, 0) is 29.5 Å². The van der Waals surface area contributed by atoms with E-state index >= 15 is 0 Å². The maximum absolute atomic E-state index is 12.0. The molecular formula is C13H12ClNO7S2. The largest absolute Gasteiger partial charge is 0.318 e. The van der Waals surface area contributed by atoms with Crippen LogP contribution in [0.4, 0.5) is 5.69 Å². The number of anilines is 1. The quantitative estimate of drug-likeness (QED) is 0.438. The standard InChI is InChI=1S/C13H12ClNO7S2/c1-7-5-11(24(20,21)22)9(6-8(7)14)15-13(17)12(16)10-3-2-4-23(10,18)19/h2-3,5-6,10H,4H2,1H3,(H,15,17)(H,20,21,22)/t10-/m0/s1. The molecule has 0 unspecified atom stereocenters. The number of ketones is 1. The topological polar surface area (TPSA) is 135 Å². The summed E-state index contributed by atoms with van der Waals surface area (Å²) in [7, 11) is -8.50. The van der Waals surface area contributed by atoms with Crippen molar-refractivity contribution >= 4 is 48.9 Å². The highest BCUT2D eigenvalue weighted by Crippen LogP contribution is 2.28. The van der Waals surface area contributed by atoms with Crippen molar-refractivity contribution in [2.75, 3.05) is 11.1 Å². The van der Waals surface area contributed by atoms with Crippen LogP contribution in [0.25, 0.3) is 0 Å². The summed E-state index contributed by atoms with van der Waals surface area (Å²) in [5, 5.41) is 0.453. The first-order valence-corrected chi connectivity index (χ1v) is 9.98. The zero-order chi connectivity index (χ0) is 18.3. The molecule has 8 nitrogen and oxygen atoms in total. The Labute approximate surface area is 143 Å². The Morgan fingerprint density at radius 1 is 1.33 bits per heavy atom. The van der Waals surface area contributed by atoms with Crippen molar-refractivity contribution in [2.24, 2.45) is 0 Å². The fraction of sp³-hybridized carbons (Fsp3) is 0.231. The fourth-order valence-electron chi connectivity index (χ4n) is 2.07. The molecule has 2 N–H and O–H groups in total. The van der Waals surface area contributed by atoms with E-state index < -0.39 is 47.5 Å². The molecule has 130 valence electrons. The smallest absolute Gasteiger partial charge is 0.296 e. The zero-order valence-corrected chi connectivity index (χ0v) is 14.6. The summed E-state index contributed by atoms with van der Waals surface area (Å²) in [5.41, 5.74) is -0.110. The third-order valence-corrected chi connectivity index (χ3v) is 6.40. The van der Waals surface area contributed by atoms with Gasteiger partial charge in [-0.25, -0.2) is 8.42 Å². The molecular weight excluding hydrogens is 382 g/mol. The third-order valence-electron chi connectivity index (χ3n) is 3.30. The third kappa shape index (κ3) is 3.66. The lowest BCUT2D eigenvalue weighted by Gasteiger charge is -2.12. The molecule has 1 heterocycles. The first-order valence-electron chi connectivity index (χ1n) is 6.44. The van der Waals surface area contributed by atoms with Gasteiger partial charge in [-0.2, -0.15) is 8.42 Å². The predicted octanol–water partition coefficient (Wildman–Crippen LogP) is 0.756. The second-order valence-corrected chi connectivity index (χ2v) is 9.03. The Hall–Kier alpha value is -1.75. The number of halogens is 1. The van der Waals surface area contributed by atoms with Crippen molar-refractivity contribution in [3.8, 4) is 0 Å². The highest BCUT2D eigenvalue weighted by molar-refractivity contribution is 7.93. The minimum atomic E-state index is -4.70. The summed E-state index contributed by atoms with van der Waals surface area (Å²) < 4.78 is 55.3. The summed E-state index contributed by atoms with van der Waals surface area (Å²) in [5.74, 6) is -2.95. The van der Waals surface area contributed by atoms with Gasteiger partial charge in [-0.15, -0.1) is 0 Å². The Bertz CT molecular complexity index is 964. The molecule has 0 saturated carbocycles. The number of Topliss-reactive ketones (excluding diaryl/α,β-unsaturated/α-hetero) is 1. The van der Waals surface area contributed by atoms with Gasteiger partial charge in [0.05, 0.1) is 11.4 Å². The van der Waals surface area contributed by atoms with E-state index in [0.29, 0.717) is 5.56 Å². The van der Waals surface area contributed by atoms with Gasteiger partial charge in [0, 0.05) is 5.02 Å². The summed E-state index contributed by atoms with van der Waals surface area (Å²) in [4.78, 5) is 23.3. The predicted molar refractivity (Wildman–Crippen MR) is 86.4 cm³/mol. The average molecular weight is 394 g/mol. The van der Waals surface area contributed by atoms with E-state index in [0.717, 1.165) is 18.2 Å². The van der Waals surface area contributed by atoms with Crippen molar-refractivity contribution in [1.29, 1.82) is 0 Å². The van der Waals surface area contributed by atoms with Gasteiger partial charge in [0.1, 0.15) is 10.1 Å². The van der Waals surface area contributed by atoms with Gasteiger partial charge in [0.25, 0.3) is 16.0 Å². The maximum Gasteiger partial charge on any atom is 0.296 e. The Morgan fingerprint density at radius 2 is 1.96 bits per heavy atom. The van der Waals surface area contributed by atoms with Crippen LogP contribution in [0.2, 0.25) is 5.02 Å². The SMILES string of the molecule is Cc1cc(S(=O)(=O)O)c(NC(=O)C(=O)[C@@H]2C=CCS2(=O)=O)cc1Cl. The second-order valence-electron chi connectivity index (χ2n) is 5.07. The number of benzene rings is 1. The van der Waals surface area contributed by atoms with Crippen LogP contribution in [0.15, 0.2) is 29.2 Å². The summed E-state index contributed by atoms with van der Waals surface area (Å²) >= 11 is 5.85. The molecule has 0 aliphatic carbocycles. The van der Waals surface area contributed by atoms with Gasteiger partial charge in [0.15, 0.2) is 9.84 Å². The number of hydrogen-bond acceptors (Lipinski definition) is 6. The lowest BCUT2D eigenvalue weighted by molar-refractivity contribution is -0.134. The molecule has 0 bridgehead atoms. The molecule has 2 rings (SSSR count). The van der Waals surface area contributed by atoms with Crippen LogP contribution >= 0.6 is 11.6 Å².